The molecule has 0 aliphatic carbocycles. The van der Waals surface area contributed by atoms with E-state index in [1.54, 1.807) is 4.90 Å². The van der Waals surface area contributed by atoms with Crippen molar-refractivity contribution in [1.29, 1.82) is 0 Å². The van der Waals surface area contributed by atoms with Gasteiger partial charge in [0.1, 0.15) is 0 Å². The third-order valence-corrected chi connectivity index (χ3v) is 3.30. The van der Waals surface area contributed by atoms with Crippen molar-refractivity contribution in [3.63, 3.8) is 0 Å². The zero-order valence-corrected chi connectivity index (χ0v) is 11.0. The van der Waals surface area contributed by atoms with Crippen molar-refractivity contribution in [1.82, 2.24) is 4.90 Å². The first-order valence-electron chi connectivity index (χ1n) is 6.27. The lowest BCUT2D eigenvalue weighted by atomic mass is 10.1. The molecular formula is C14H20N2O2. The van der Waals surface area contributed by atoms with Crippen LogP contribution in [0.4, 0.5) is 0 Å². The summed E-state index contributed by atoms with van der Waals surface area (Å²) >= 11 is 0. The number of rotatable bonds is 4. The molecule has 0 fully saturated rings. The Bertz CT molecular complexity index is 445. The Morgan fingerprint density at radius 1 is 1.44 bits per heavy atom. The molecule has 0 radical (unpaired) electrons. The van der Waals surface area contributed by atoms with E-state index in [0.29, 0.717) is 32.2 Å². The third kappa shape index (κ3) is 2.71. The molecule has 4 heteroatoms. The molecule has 1 amide bonds. The van der Waals surface area contributed by atoms with E-state index in [1.165, 1.54) is 5.56 Å². The monoisotopic (exact) mass is 248 g/mol. The molecule has 0 bridgehead atoms. The molecule has 2 N–H and O–H groups in total. The molecule has 1 unspecified atom stereocenters. The highest BCUT2D eigenvalue weighted by atomic mass is 16.5. The van der Waals surface area contributed by atoms with Crippen LogP contribution in [0.25, 0.3) is 0 Å². The Kier molecular flexibility index (Phi) is 3.99. The topological polar surface area (TPSA) is 55.6 Å². The van der Waals surface area contributed by atoms with Crippen LogP contribution in [0.3, 0.4) is 0 Å². The Labute approximate surface area is 108 Å². The van der Waals surface area contributed by atoms with Crippen LogP contribution in [0.5, 0.6) is 0 Å². The molecule has 0 saturated carbocycles. The third-order valence-electron chi connectivity index (χ3n) is 3.30. The van der Waals surface area contributed by atoms with Gasteiger partial charge in [-0.25, -0.2) is 0 Å². The van der Waals surface area contributed by atoms with E-state index in [4.69, 9.17) is 10.5 Å². The van der Waals surface area contributed by atoms with Crippen LogP contribution in [0.2, 0.25) is 0 Å². The van der Waals surface area contributed by atoms with E-state index in [2.05, 4.69) is 0 Å². The Morgan fingerprint density at radius 3 is 2.89 bits per heavy atom. The first-order chi connectivity index (χ1) is 8.61. The summed E-state index contributed by atoms with van der Waals surface area (Å²) in [7, 11) is 1.82. The molecule has 1 heterocycles. The summed E-state index contributed by atoms with van der Waals surface area (Å²) in [6, 6.07) is 5.80. The SMILES string of the molecule is CC(CN)CN(C)C(=O)c1ccc2c(c1)COC2. The van der Waals surface area contributed by atoms with E-state index < -0.39 is 0 Å². The number of hydrogen-bond donors (Lipinski definition) is 1. The normalized spacial score (nSPS) is 15.3. The van der Waals surface area contributed by atoms with Crippen LogP contribution in [-0.4, -0.2) is 30.9 Å². The fourth-order valence-corrected chi connectivity index (χ4v) is 2.15. The van der Waals surface area contributed by atoms with Crippen molar-refractivity contribution in [3.8, 4) is 0 Å². The fourth-order valence-electron chi connectivity index (χ4n) is 2.15. The van der Waals surface area contributed by atoms with Gasteiger partial charge in [-0.2, -0.15) is 0 Å². The Balaban J connectivity index is 2.09. The maximum Gasteiger partial charge on any atom is 0.253 e. The molecule has 0 spiro atoms. The van der Waals surface area contributed by atoms with Gasteiger partial charge in [-0.1, -0.05) is 13.0 Å². The minimum Gasteiger partial charge on any atom is -0.372 e. The van der Waals surface area contributed by atoms with E-state index in [1.807, 2.05) is 32.2 Å². The largest absolute Gasteiger partial charge is 0.372 e. The zero-order valence-electron chi connectivity index (χ0n) is 11.0. The summed E-state index contributed by atoms with van der Waals surface area (Å²) < 4.78 is 5.35. The Hall–Kier alpha value is -1.39. The van der Waals surface area contributed by atoms with E-state index in [9.17, 15) is 4.79 Å². The first-order valence-corrected chi connectivity index (χ1v) is 6.27. The van der Waals surface area contributed by atoms with Gasteiger partial charge < -0.3 is 15.4 Å². The second-order valence-corrected chi connectivity index (χ2v) is 5.00. The fraction of sp³-hybridized carbons (Fsp3) is 0.500. The number of carbonyl (C=O) groups excluding carboxylic acids is 1. The summed E-state index contributed by atoms with van der Waals surface area (Å²) in [6.07, 6.45) is 0. The summed E-state index contributed by atoms with van der Waals surface area (Å²) in [5.74, 6) is 0.363. The smallest absolute Gasteiger partial charge is 0.253 e. The van der Waals surface area contributed by atoms with Crippen molar-refractivity contribution in [2.75, 3.05) is 20.1 Å². The van der Waals surface area contributed by atoms with Crippen molar-refractivity contribution in [2.45, 2.75) is 20.1 Å². The van der Waals surface area contributed by atoms with Gasteiger partial charge in [0.25, 0.3) is 5.91 Å². The van der Waals surface area contributed by atoms with Crippen molar-refractivity contribution in [3.05, 3.63) is 34.9 Å². The number of fused-ring (bicyclic) bond motifs is 1. The lowest BCUT2D eigenvalue weighted by molar-refractivity contribution is 0.0777. The van der Waals surface area contributed by atoms with E-state index in [-0.39, 0.29) is 5.91 Å². The van der Waals surface area contributed by atoms with Crippen molar-refractivity contribution < 1.29 is 9.53 Å². The molecule has 2 rings (SSSR count). The molecule has 98 valence electrons. The van der Waals surface area contributed by atoms with Crippen LogP contribution in [-0.2, 0) is 18.0 Å². The number of nitrogens with two attached hydrogens (primary N) is 1. The van der Waals surface area contributed by atoms with Crippen LogP contribution < -0.4 is 5.73 Å². The molecule has 1 atom stereocenters. The zero-order chi connectivity index (χ0) is 13.1. The predicted octanol–water partition coefficient (Wildman–Crippen LogP) is 1.38. The van der Waals surface area contributed by atoms with Gasteiger partial charge in [-0.15, -0.1) is 0 Å². The number of benzene rings is 1. The van der Waals surface area contributed by atoms with Gasteiger partial charge in [0.15, 0.2) is 0 Å². The van der Waals surface area contributed by atoms with Gasteiger partial charge in [0, 0.05) is 19.2 Å². The summed E-state index contributed by atoms with van der Waals surface area (Å²) in [4.78, 5) is 14.0. The average molecular weight is 248 g/mol. The number of nitrogens with zero attached hydrogens (tertiary/aromatic N) is 1. The quantitative estimate of drug-likeness (QED) is 0.876. The van der Waals surface area contributed by atoms with Crippen molar-refractivity contribution in [2.24, 2.45) is 11.7 Å². The van der Waals surface area contributed by atoms with Gasteiger partial charge in [-0.3, -0.25) is 4.79 Å². The summed E-state index contributed by atoms with van der Waals surface area (Å²) in [5.41, 5.74) is 8.62. The van der Waals surface area contributed by atoms with Gasteiger partial charge in [-0.05, 0) is 35.7 Å². The highest BCUT2D eigenvalue weighted by molar-refractivity contribution is 5.94. The standard InChI is InChI=1S/C14H20N2O2/c1-10(6-15)7-16(2)14(17)11-3-4-12-8-18-9-13(12)5-11/h3-5,10H,6-9,15H2,1-2H3. The van der Waals surface area contributed by atoms with Crippen LogP contribution in [0.1, 0.15) is 28.4 Å². The predicted molar refractivity (Wildman–Crippen MR) is 70.1 cm³/mol. The van der Waals surface area contributed by atoms with Gasteiger partial charge in [0.05, 0.1) is 13.2 Å². The molecule has 1 aromatic rings. The van der Waals surface area contributed by atoms with Crippen LogP contribution in [0, 0.1) is 5.92 Å². The van der Waals surface area contributed by atoms with Gasteiger partial charge in [0.2, 0.25) is 0 Å². The molecule has 4 nitrogen and oxygen atoms in total. The van der Waals surface area contributed by atoms with E-state index in [0.717, 1.165) is 11.1 Å². The maximum atomic E-state index is 12.2. The molecule has 18 heavy (non-hydrogen) atoms. The van der Waals surface area contributed by atoms with Crippen LogP contribution in [0.15, 0.2) is 18.2 Å². The highest BCUT2D eigenvalue weighted by Gasteiger charge is 2.17. The molecule has 0 aromatic heterocycles. The maximum absolute atomic E-state index is 12.2. The van der Waals surface area contributed by atoms with Crippen molar-refractivity contribution >= 4 is 5.91 Å². The molecular weight excluding hydrogens is 228 g/mol. The molecule has 1 aliphatic heterocycles. The number of amides is 1. The highest BCUT2D eigenvalue weighted by Crippen LogP contribution is 2.21. The second-order valence-electron chi connectivity index (χ2n) is 5.00. The Morgan fingerprint density at radius 2 is 2.17 bits per heavy atom. The van der Waals surface area contributed by atoms with Gasteiger partial charge >= 0.3 is 0 Å². The van der Waals surface area contributed by atoms with Crippen LogP contribution >= 0.6 is 0 Å². The second kappa shape index (κ2) is 5.50. The summed E-state index contributed by atoms with van der Waals surface area (Å²) in [5, 5.41) is 0. The summed E-state index contributed by atoms with van der Waals surface area (Å²) in [6.45, 7) is 4.59. The molecule has 1 aliphatic rings. The minimum atomic E-state index is 0.0463. The minimum absolute atomic E-state index is 0.0463. The lowest BCUT2D eigenvalue weighted by Crippen LogP contribution is -2.33. The average Bonchev–Trinajstić information content (AvgIpc) is 2.84. The molecule has 1 aromatic carbocycles. The molecule has 0 saturated heterocycles. The number of hydrogen-bond acceptors (Lipinski definition) is 3. The first kappa shape index (κ1) is 13.1. The number of ether oxygens (including phenoxy) is 1. The lowest BCUT2D eigenvalue weighted by Gasteiger charge is -2.21. The number of carbonyl (C=O) groups is 1. The van der Waals surface area contributed by atoms with E-state index >= 15 is 0 Å².